The summed E-state index contributed by atoms with van der Waals surface area (Å²) in [6.45, 7) is 2.31. The quantitative estimate of drug-likeness (QED) is 0.826. The number of likely N-dealkylation sites (tertiary alicyclic amines) is 1. The van der Waals surface area contributed by atoms with Crippen LogP contribution in [0.25, 0.3) is 0 Å². The van der Waals surface area contributed by atoms with Crippen molar-refractivity contribution in [3.8, 4) is 0 Å². The first-order valence-electron chi connectivity index (χ1n) is 8.37. The molecule has 1 fully saturated rings. The van der Waals surface area contributed by atoms with Crippen molar-refractivity contribution in [3.63, 3.8) is 0 Å². The van der Waals surface area contributed by atoms with Crippen LogP contribution in [-0.4, -0.2) is 34.5 Å². The van der Waals surface area contributed by atoms with Crippen molar-refractivity contribution in [2.75, 3.05) is 6.54 Å². The molecule has 25 heavy (non-hydrogen) atoms. The number of carboxylic acid groups (broad SMARTS) is 1. The minimum Gasteiger partial charge on any atom is -0.481 e. The van der Waals surface area contributed by atoms with Gasteiger partial charge in [-0.25, -0.2) is 0 Å². The Balaban J connectivity index is 1.62. The average Bonchev–Trinajstić information content (AvgIpc) is 3.02. The first-order valence-corrected chi connectivity index (χ1v) is 9.35. The van der Waals surface area contributed by atoms with Crippen LogP contribution < -0.4 is 0 Å². The third-order valence-electron chi connectivity index (χ3n) is 4.68. The van der Waals surface area contributed by atoms with Gasteiger partial charge in [0.05, 0.1) is 5.92 Å². The zero-order valence-electron chi connectivity index (χ0n) is 14.1. The van der Waals surface area contributed by atoms with Gasteiger partial charge >= 0.3 is 5.97 Å². The molecule has 1 amide bonds. The second-order valence-electron chi connectivity index (χ2n) is 6.27. The van der Waals surface area contributed by atoms with Crippen molar-refractivity contribution in [2.45, 2.75) is 30.0 Å². The molecule has 2 aromatic rings. The van der Waals surface area contributed by atoms with Gasteiger partial charge in [0.15, 0.2) is 0 Å². The van der Waals surface area contributed by atoms with Gasteiger partial charge in [0.1, 0.15) is 0 Å². The van der Waals surface area contributed by atoms with E-state index in [1.54, 1.807) is 16.7 Å². The molecule has 5 heteroatoms. The van der Waals surface area contributed by atoms with Crippen LogP contribution in [0.2, 0.25) is 0 Å². The van der Waals surface area contributed by atoms with Crippen molar-refractivity contribution in [3.05, 3.63) is 65.7 Å². The Morgan fingerprint density at radius 1 is 1.12 bits per heavy atom. The van der Waals surface area contributed by atoms with Crippen LogP contribution in [0.1, 0.15) is 29.3 Å². The number of carbonyl (C=O) groups is 2. The highest BCUT2D eigenvalue weighted by atomic mass is 32.2. The van der Waals surface area contributed by atoms with Gasteiger partial charge in [0.2, 0.25) is 0 Å². The highest BCUT2D eigenvalue weighted by Gasteiger charge is 2.38. The van der Waals surface area contributed by atoms with Crippen molar-refractivity contribution < 1.29 is 14.7 Å². The fourth-order valence-electron chi connectivity index (χ4n) is 3.16. The highest BCUT2D eigenvalue weighted by molar-refractivity contribution is 7.98. The molecule has 0 aromatic heterocycles. The van der Waals surface area contributed by atoms with Crippen molar-refractivity contribution in [1.82, 2.24) is 4.90 Å². The van der Waals surface area contributed by atoms with Crippen molar-refractivity contribution in [2.24, 2.45) is 5.92 Å². The molecule has 1 heterocycles. The SMILES string of the molecule is CC1C(C(=O)O)CCN1C(=O)c1ccc(SCc2ccccc2)cc1. The molecule has 0 aliphatic carbocycles. The molecule has 0 radical (unpaired) electrons. The number of thioether (sulfide) groups is 1. The fraction of sp³-hybridized carbons (Fsp3) is 0.300. The van der Waals surface area contributed by atoms with Crippen LogP contribution in [0, 0.1) is 5.92 Å². The Morgan fingerprint density at radius 2 is 1.80 bits per heavy atom. The minimum absolute atomic E-state index is 0.0872. The average molecular weight is 355 g/mol. The van der Waals surface area contributed by atoms with Gasteiger partial charge in [-0.05, 0) is 43.2 Å². The Morgan fingerprint density at radius 3 is 2.40 bits per heavy atom. The van der Waals surface area contributed by atoms with E-state index in [1.807, 2.05) is 49.4 Å². The van der Waals surface area contributed by atoms with Gasteiger partial charge in [0, 0.05) is 28.8 Å². The summed E-state index contributed by atoms with van der Waals surface area (Å²) in [7, 11) is 0. The number of carbonyl (C=O) groups excluding carboxylic acids is 1. The Labute approximate surface area is 151 Å². The third-order valence-corrected chi connectivity index (χ3v) is 5.77. The van der Waals surface area contributed by atoms with Crippen LogP contribution in [0.3, 0.4) is 0 Å². The summed E-state index contributed by atoms with van der Waals surface area (Å²) in [5, 5.41) is 9.20. The number of benzene rings is 2. The summed E-state index contributed by atoms with van der Waals surface area (Å²) >= 11 is 1.73. The summed E-state index contributed by atoms with van der Waals surface area (Å²) in [6, 6.07) is 17.6. The van der Waals surface area contributed by atoms with Crippen molar-refractivity contribution in [1.29, 1.82) is 0 Å². The molecule has 1 saturated heterocycles. The van der Waals surface area contributed by atoms with Gasteiger partial charge < -0.3 is 10.0 Å². The molecule has 2 aromatic carbocycles. The standard InChI is InChI=1S/C20H21NO3S/c1-14-18(20(23)24)11-12-21(14)19(22)16-7-9-17(10-8-16)25-13-15-5-3-2-4-6-15/h2-10,14,18H,11-13H2,1H3,(H,23,24). The van der Waals surface area contributed by atoms with Gasteiger partial charge in [-0.3, -0.25) is 9.59 Å². The van der Waals surface area contributed by atoms with E-state index in [0.717, 1.165) is 10.6 Å². The predicted molar refractivity (Wildman–Crippen MR) is 98.7 cm³/mol. The molecular formula is C20H21NO3S. The van der Waals surface area contributed by atoms with Crippen LogP contribution in [0.4, 0.5) is 0 Å². The molecule has 1 aliphatic rings. The van der Waals surface area contributed by atoms with Gasteiger partial charge in [0.25, 0.3) is 5.91 Å². The molecule has 130 valence electrons. The first-order chi connectivity index (χ1) is 12.1. The van der Waals surface area contributed by atoms with Gasteiger partial charge in [-0.1, -0.05) is 30.3 Å². The normalized spacial score (nSPS) is 19.8. The molecule has 4 nitrogen and oxygen atoms in total. The summed E-state index contributed by atoms with van der Waals surface area (Å²) in [5.41, 5.74) is 1.88. The zero-order valence-corrected chi connectivity index (χ0v) is 14.9. The second kappa shape index (κ2) is 7.74. The Hall–Kier alpha value is -2.27. The largest absolute Gasteiger partial charge is 0.481 e. The van der Waals surface area contributed by atoms with Crippen molar-refractivity contribution >= 4 is 23.6 Å². The van der Waals surface area contributed by atoms with E-state index in [2.05, 4.69) is 12.1 Å². The van der Waals surface area contributed by atoms with Crippen LogP contribution in [0.5, 0.6) is 0 Å². The van der Waals surface area contributed by atoms with E-state index in [4.69, 9.17) is 0 Å². The summed E-state index contributed by atoms with van der Waals surface area (Å²) in [6.07, 6.45) is 0.521. The van der Waals surface area contributed by atoms with E-state index in [0.29, 0.717) is 18.5 Å². The lowest BCUT2D eigenvalue weighted by Gasteiger charge is -2.23. The monoisotopic (exact) mass is 355 g/mol. The number of hydrogen-bond donors (Lipinski definition) is 1. The Kier molecular flexibility index (Phi) is 5.43. The number of carboxylic acids is 1. The van der Waals surface area contributed by atoms with Crippen LogP contribution in [-0.2, 0) is 10.5 Å². The molecular weight excluding hydrogens is 334 g/mol. The third kappa shape index (κ3) is 4.04. The maximum atomic E-state index is 12.6. The maximum absolute atomic E-state index is 12.6. The first kappa shape index (κ1) is 17.5. The molecule has 1 aliphatic heterocycles. The van der Waals surface area contributed by atoms with E-state index >= 15 is 0 Å². The lowest BCUT2D eigenvalue weighted by Crippen LogP contribution is -2.37. The zero-order chi connectivity index (χ0) is 17.8. The van der Waals surface area contributed by atoms with E-state index < -0.39 is 11.9 Å². The molecule has 1 N–H and O–H groups in total. The molecule has 2 unspecified atom stereocenters. The van der Waals surface area contributed by atoms with Gasteiger partial charge in [-0.15, -0.1) is 11.8 Å². The summed E-state index contributed by atoms with van der Waals surface area (Å²) < 4.78 is 0. The molecule has 2 atom stereocenters. The fourth-order valence-corrected chi connectivity index (χ4v) is 4.01. The Bertz CT molecular complexity index is 745. The molecule has 0 saturated carbocycles. The van der Waals surface area contributed by atoms with Crippen LogP contribution >= 0.6 is 11.8 Å². The van der Waals surface area contributed by atoms with Crippen LogP contribution in [0.15, 0.2) is 59.5 Å². The van der Waals surface area contributed by atoms with E-state index in [-0.39, 0.29) is 11.9 Å². The van der Waals surface area contributed by atoms with Gasteiger partial charge in [-0.2, -0.15) is 0 Å². The van der Waals surface area contributed by atoms with E-state index in [1.165, 1.54) is 5.56 Å². The lowest BCUT2D eigenvalue weighted by molar-refractivity contribution is -0.142. The number of aliphatic carboxylic acids is 1. The minimum atomic E-state index is -0.824. The molecule has 3 rings (SSSR count). The number of rotatable bonds is 5. The molecule has 0 bridgehead atoms. The topological polar surface area (TPSA) is 57.6 Å². The second-order valence-corrected chi connectivity index (χ2v) is 7.32. The predicted octanol–water partition coefficient (Wildman–Crippen LogP) is 3.91. The highest BCUT2D eigenvalue weighted by Crippen LogP contribution is 2.27. The number of amides is 1. The smallest absolute Gasteiger partial charge is 0.308 e. The molecule has 0 spiro atoms. The van der Waals surface area contributed by atoms with E-state index in [9.17, 15) is 14.7 Å². The maximum Gasteiger partial charge on any atom is 0.308 e. The summed E-state index contributed by atoms with van der Waals surface area (Å²) in [5.74, 6) is -0.492. The number of nitrogens with zero attached hydrogens (tertiary/aromatic N) is 1. The lowest BCUT2D eigenvalue weighted by atomic mass is 10.0. The summed E-state index contributed by atoms with van der Waals surface area (Å²) in [4.78, 5) is 26.6. The number of hydrogen-bond acceptors (Lipinski definition) is 3.